The van der Waals surface area contributed by atoms with Crippen LogP contribution in [0.3, 0.4) is 0 Å². The highest BCUT2D eigenvalue weighted by molar-refractivity contribution is 7.71. The molecule has 12 heavy (non-hydrogen) atoms. The van der Waals surface area contributed by atoms with Gasteiger partial charge in [-0.1, -0.05) is 13.8 Å². The Morgan fingerprint density at radius 3 is 2.83 bits per heavy atom. The van der Waals surface area contributed by atoms with Gasteiger partial charge in [0.25, 0.3) is 0 Å². The van der Waals surface area contributed by atoms with Gasteiger partial charge in [0.05, 0.1) is 0 Å². The molecule has 66 valence electrons. The molecule has 2 nitrogen and oxygen atoms in total. The first-order valence-electron chi connectivity index (χ1n) is 4.14. The van der Waals surface area contributed by atoms with E-state index in [0.717, 1.165) is 6.42 Å². The van der Waals surface area contributed by atoms with E-state index in [4.69, 9.17) is 12.2 Å². The molecule has 0 unspecified atom stereocenters. The normalized spacial score (nSPS) is 10.7. The number of nitrogens with zero attached hydrogens (tertiary/aromatic N) is 1. The zero-order chi connectivity index (χ0) is 9.14. The standard InChI is InChI=1S/C9H14N2S/c1-6(2)4-8-7(3)5-10-9(12)11-8/h5-6H,4H2,1-3H3,(H,10,11,12). The minimum atomic E-state index is 0.580. The monoisotopic (exact) mass is 182 g/mol. The summed E-state index contributed by atoms with van der Waals surface area (Å²) in [5, 5.41) is 0. The van der Waals surface area contributed by atoms with E-state index >= 15 is 0 Å². The van der Waals surface area contributed by atoms with Crippen molar-refractivity contribution in [3.05, 3.63) is 22.2 Å². The van der Waals surface area contributed by atoms with Gasteiger partial charge in [-0.25, -0.2) is 4.98 Å². The predicted molar refractivity (Wildman–Crippen MR) is 52.7 cm³/mol. The summed E-state index contributed by atoms with van der Waals surface area (Å²) in [4.78, 5) is 7.12. The Kier molecular flexibility index (Phi) is 2.98. The van der Waals surface area contributed by atoms with Crippen LogP contribution in [-0.4, -0.2) is 9.97 Å². The lowest BCUT2D eigenvalue weighted by Crippen LogP contribution is -2.01. The molecule has 0 aliphatic rings. The third-order valence-electron chi connectivity index (χ3n) is 1.72. The first-order valence-corrected chi connectivity index (χ1v) is 4.55. The lowest BCUT2D eigenvalue weighted by Gasteiger charge is -2.07. The molecule has 0 aliphatic heterocycles. The Balaban J connectivity index is 2.97. The second-order valence-electron chi connectivity index (χ2n) is 3.45. The van der Waals surface area contributed by atoms with Crippen LogP contribution in [0.15, 0.2) is 6.20 Å². The minimum absolute atomic E-state index is 0.580. The fraction of sp³-hybridized carbons (Fsp3) is 0.556. The second kappa shape index (κ2) is 3.81. The number of rotatable bonds is 2. The summed E-state index contributed by atoms with van der Waals surface area (Å²) in [5.41, 5.74) is 2.40. The average molecular weight is 182 g/mol. The van der Waals surface area contributed by atoms with E-state index in [-0.39, 0.29) is 0 Å². The molecule has 0 radical (unpaired) electrons. The van der Waals surface area contributed by atoms with Gasteiger partial charge in [-0.2, -0.15) is 0 Å². The lowest BCUT2D eigenvalue weighted by molar-refractivity contribution is 0.630. The van der Waals surface area contributed by atoms with Gasteiger partial charge in [0.15, 0.2) is 4.77 Å². The fourth-order valence-electron chi connectivity index (χ4n) is 1.11. The van der Waals surface area contributed by atoms with E-state index in [9.17, 15) is 0 Å². The SMILES string of the molecule is Cc1cnc(=S)[nH]c1CC(C)C. The maximum atomic E-state index is 4.95. The second-order valence-corrected chi connectivity index (χ2v) is 3.83. The Hall–Kier alpha value is -0.700. The summed E-state index contributed by atoms with van der Waals surface area (Å²) in [6.07, 6.45) is 2.87. The van der Waals surface area contributed by atoms with Crippen LogP contribution in [-0.2, 0) is 6.42 Å². The molecule has 3 heteroatoms. The number of nitrogens with one attached hydrogen (secondary N) is 1. The van der Waals surface area contributed by atoms with Crippen LogP contribution in [0.4, 0.5) is 0 Å². The molecule has 0 amide bonds. The van der Waals surface area contributed by atoms with Gasteiger partial charge < -0.3 is 4.98 Å². The van der Waals surface area contributed by atoms with E-state index in [1.54, 1.807) is 0 Å². The van der Waals surface area contributed by atoms with Crippen molar-refractivity contribution in [1.82, 2.24) is 9.97 Å². The zero-order valence-corrected chi connectivity index (χ0v) is 8.53. The Morgan fingerprint density at radius 1 is 1.58 bits per heavy atom. The summed E-state index contributed by atoms with van der Waals surface area (Å²) in [6, 6.07) is 0. The molecule has 1 heterocycles. The van der Waals surface area contributed by atoms with Gasteiger partial charge in [-0.05, 0) is 37.0 Å². The van der Waals surface area contributed by atoms with E-state index in [1.807, 2.05) is 6.20 Å². The van der Waals surface area contributed by atoms with Crippen molar-refractivity contribution in [2.75, 3.05) is 0 Å². The smallest absolute Gasteiger partial charge is 0.196 e. The average Bonchev–Trinajstić information content (AvgIpc) is 1.96. The molecular weight excluding hydrogens is 168 g/mol. The summed E-state index contributed by atoms with van der Waals surface area (Å²) >= 11 is 4.95. The third-order valence-corrected chi connectivity index (χ3v) is 1.93. The molecule has 1 N–H and O–H groups in total. The highest BCUT2D eigenvalue weighted by Gasteiger charge is 2.01. The van der Waals surface area contributed by atoms with Gasteiger partial charge >= 0.3 is 0 Å². The van der Waals surface area contributed by atoms with Crippen molar-refractivity contribution in [2.45, 2.75) is 27.2 Å². The molecule has 1 aromatic rings. The molecule has 0 spiro atoms. The Bertz CT molecular complexity index is 315. The topological polar surface area (TPSA) is 28.7 Å². The van der Waals surface area contributed by atoms with E-state index in [2.05, 4.69) is 30.7 Å². The third kappa shape index (κ3) is 2.41. The molecule has 0 saturated heterocycles. The molecular formula is C9H14N2S. The van der Waals surface area contributed by atoms with Crippen LogP contribution in [0.5, 0.6) is 0 Å². The zero-order valence-electron chi connectivity index (χ0n) is 7.72. The van der Waals surface area contributed by atoms with Crippen LogP contribution >= 0.6 is 12.2 Å². The van der Waals surface area contributed by atoms with Crippen LogP contribution in [0.1, 0.15) is 25.1 Å². The van der Waals surface area contributed by atoms with Gasteiger partial charge in [-0.3, -0.25) is 0 Å². The lowest BCUT2D eigenvalue weighted by atomic mass is 10.1. The van der Waals surface area contributed by atoms with E-state index in [1.165, 1.54) is 11.3 Å². The number of aromatic nitrogens is 2. The van der Waals surface area contributed by atoms with Crippen molar-refractivity contribution in [1.29, 1.82) is 0 Å². The molecule has 0 bridgehead atoms. The van der Waals surface area contributed by atoms with Crippen LogP contribution < -0.4 is 0 Å². The molecule has 0 aliphatic carbocycles. The minimum Gasteiger partial charge on any atom is -0.334 e. The molecule has 0 fully saturated rings. The number of hydrogen-bond donors (Lipinski definition) is 1. The van der Waals surface area contributed by atoms with Crippen molar-refractivity contribution in [2.24, 2.45) is 5.92 Å². The van der Waals surface area contributed by atoms with Crippen LogP contribution in [0.25, 0.3) is 0 Å². The fourth-order valence-corrected chi connectivity index (χ4v) is 1.29. The van der Waals surface area contributed by atoms with Crippen LogP contribution in [0.2, 0.25) is 0 Å². The summed E-state index contributed by atoms with van der Waals surface area (Å²) < 4.78 is 0.580. The molecule has 1 rings (SSSR count). The first kappa shape index (κ1) is 9.39. The van der Waals surface area contributed by atoms with Crippen LogP contribution in [0, 0.1) is 17.6 Å². The molecule has 0 atom stereocenters. The highest BCUT2D eigenvalue weighted by atomic mass is 32.1. The number of hydrogen-bond acceptors (Lipinski definition) is 2. The quantitative estimate of drug-likeness (QED) is 0.712. The van der Waals surface area contributed by atoms with E-state index in [0.29, 0.717) is 10.7 Å². The number of aromatic amines is 1. The van der Waals surface area contributed by atoms with Gasteiger partial charge in [-0.15, -0.1) is 0 Å². The maximum Gasteiger partial charge on any atom is 0.196 e. The largest absolute Gasteiger partial charge is 0.334 e. The summed E-state index contributed by atoms with van der Waals surface area (Å²) in [5.74, 6) is 0.650. The van der Waals surface area contributed by atoms with E-state index < -0.39 is 0 Å². The summed E-state index contributed by atoms with van der Waals surface area (Å²) in [6.45, 7) is 6.43. The van der Waals surface area contributed by atoms with Gasteiger partial charge in [0, 0.05) is 11.9 Å². The van der Waals surface area contributed by atoms with Gasteiger partial charge in [0.2, 0.25) is 0 Å². The van der Waals surface area contributed by atoms with Crippen molar-refractivity contribution in [3.63, 3.8) is 0 Å². The van der Waals surface area contributed by atoms with Crippen molar-refractivity contribution in [3.8, 4) is 0 Å². The van der Waals surface area contributed by atoms with Crippen molar-refractivity contribution < 1.29 is 0 Å². The number of H-pyrrole nitrogens is 1. The van der Waals surface area contributed by atoms with Gasteiger partial charge in [0.1, 0.15) is 0 Å². The molecule has 0 saturated carbocycles. The molecule has 0 aromatic carbocycles. The first-order chi connectivity index (χ1) is 5.59. The Morgan fingerprint density at radius 2 is 2.25 bits per heavy atom. The number of aryl methyl sites for hydroxylation is 1. The predicted octanol–water partition coefficient (Wildman–Crippen LogP) is 2.65. The highest BCUT2D eigenvalue weighted by Crippen LogP contribution is 2.08. The maximum absolute atomic E-state index is 4.95. The Labute approximate surface area is 78.1 Å². The van der Waals surface area contributed by atoms with Crippen molar-refractivity contribution >= 4 is 12.2 Å². The molecule has 1 aromatic heterocycles. The summed E-state index contributed by atoms with van der Waals surface area (Å²) in [7, 11) is 0.